The molecule has 33 heavy (non-hydrogen) atoms. The minimum Gasteiger partial charge on any atom is -0.497 e. The number of methoxy groups -OCH3 is 1. The Bertz CT molecular complexity index is 987. The van der Waals surface area contributed by atoms with Gasteiger partial charge in [-0.3, -0.25) is 14.4 Å². The second kappa shape index (κ2) is 9.68. The molecular formula is C25H30N2O6. The Labute approximate surface area is 193 Å². The number of benzene rings is 1. The summed E-state index contributed by atoms with van der Waals surface area (Å²) in [5, 5.41) is 2.97. The van der Waals surface area contributed by atoms with Crippen LogP contribution in [0.5, 0.6) is 5.75 Å². The number of likely N-dealkylation sites (tertiary alicyclic amines) is 1. The van der Waals surface area contributed by atoms with E-state index in [4.69, 9.17) is 13.9 Å². The van der Waals surface area contributed by atoms with Crippen molar-refractivity contribution in [3.63, 3.8) is 0 Å². The summed E-state index contributed by atoms with van der Waals surface area (Å²) >= 11 is 0. The first-order chi connectivity index (χ1) is 16.0. The highest BCUT2D eigenvalue weighted by molar-refractivity contribution is 5.95. The van der Waals surface area contributed by atoms with Crippen LogP contribution in [-0.2, 0) is 25.5 Å². The van der Waals surface area contributed by atoms with E-state index in [0.717, 1.165) is 18.4 Å². The number of carbonyl (C=O) groups excluding carboxylic acids is 3. The summed E-state index contributed by atoms with van der Waals surface area (Å²) in [6, 6.07) is 10.0. The Morgan fingerprint density at radius 2 is 2.00 bits per heavy atom. The minimum absolute atomic E-state index is 0.0891. The molecule has 1 aromatic carbocycles. The van der Waals surface area contributed by atoms with Crippen LogP contribution in [0.4, 0.5) is 0 Å². The van der Waals surface area contributed by atoms with Crippen molar-refractivity contribution in [2.75, 3.05) is 20.3 Å². The Hall–Kier alpha value is -3.29. The van der Waals surface area contributed by atoms with Gasteiger partial charge in [-0.1, -0.05) is 12.1 Å². The summed E-state index contributed by atoms with van der Waals surface area (Å²) in [7, 11) is 1.59. The van der Waals surface area contributed by atoms with Crippen LogP contribution in [0.25, 0.3) is 0 Å². The Morgan fingerprint density at radius 3 is 2.67 bits per heavy atom. The fraction of sp³-hybridized carbons (Fsp3) is 0.480. The summed E-state index contributed by atoms with van der Waals surface area (Å²) in [4.78, 5) is 41.9. The normalized spacial score (nSPS) is 24.9. The van der Waals surface area contributed by atoms with E-state index in [0.29, 0.717) is 24.5 Å². The number of esters is 1. The van der Waals surface area contributed by atoms with Gasteiger partial charge in [0.05, 0.1) is 32.3 Å². The standard InChI is InChI=1S/C25H30N2O6/c1-3-32-23(29)19-16-25(12-4-5-13-26-24(25)30)27(22(19)20-7-6-14-33-20)21(28)15-17-8-10-18(31-2)11-9-17/h6-11,14,19,22H,3-5,12-13,15-16H2,1-2H3,(H,26,30)/t19-,22+,25-/m0/s1. The summed E-state index contributed by atoms with van der Waals surface area (Å²) in [6.45, 7) is 2.52. The van der Waals surface area contributed by atoms with Crippen molar-refractivity contribution in [3.8, 4) is 5.75 Å². The molecule has 1 spiro atoms. The molecule has 3 atom stereocenters. The zero-order valence-electron chi connectivity index (χ0n) is 19.0. The van der Waals surface area contributed by atoms with E-state index in [9.17, 15) is 14.4 Å². The molecule has 0 bridgehead atoms. The highest BCUT2D eigenvalue weighted by Crippen LogP contribution is 2.50. The number of nitrogens with one attached hydrogen (secondary N) is 1. The van der Waals surface area contributed by atoms with E-state index in [1.807, 2.05) is 12.1 Å². The van der Waals surface area contributed by atoms with E-state index >= 15 is 0 Å². The monoisotopic (exact) mass is 454 g/mol. The van der Waals surface area contributed by atoms with E-state index < -0.39 is 23.5 Å². The molecule has 2 fully saturated rings. The Morgan fingerprint density at radius 1 is 1.21 bits per heavy atom. The quantitative estimate of drug-likeness (QED) is 0.674. The molecule has 0 saturated carbocycles. The van der Waals surface area contributed by atoms with Crippen LogP contribution in [0, 0.1) is 5.92 Å². The van der Waals surface area contributed by atoms with E-state index in [2.05, 4.69) is 5.32 Å². The number of rotatable bonds is 6. The van der Waals surface area contributed by atoms with Crippen molar-refractivity contribution in [1.29, 1.82) is 0 Å². The number of carbonyl (C=O) groups is 3. The third-order valence-corrected chi connectivity index (χ3v) is 6.61. The van der Waals surface area contributed by atoms with E-state index in [-0.39, 0.29) is 31.3 Å². The predicted octanol–water partition coefficient (Wildman–Crippen LogP) is 3.02. The number of nitrogens with zero attached hydrogens (tertiary/aromatic N) is 1. The van der Waals surface area contributed by atoms with Crippen molar-refractivity contribution in [3.05, 3.63) is 54.0 Å². The second-order valence-electron chi connectivity index (χ2n) is 8.56. The molecule has 4 rings (SSSR count). The topological polar surface area (TPSA) is 98.1 Å². The Kier molecular flexibility index (Phi) is 6.72. The van der Waals surface area contributed by atoms with E-state index in [1.54, 1.807) is 43.2 Å². The van der Waals surface area contributed by atoms with Crippen molar-refractivity contribution < 1.29 is 28.3 Å². The minimum atomic E-state index is -1.13. The second-order valence-corrected chi connectivity index (χ2v) is 8.56. The van der Waals surface area contributed by atoms with Gasteiger partial charge >= 0.3 is 5.97 Å². The molecule has 1 aromatic heterocycles. The van der Waals surface area contributed by atoms with Gasteiger partial charge in [0.1, 0.15) is 23.1 Å². The predicted molar refractivity (Wildman–Crippen MR) is 119 cm³/mol. The maximum atomic E-state index is 13.9. The molecule has 2 aromatic rings. The van der Waals surface area contributed by atoms with Gasteiger partial charge in [0.2, 0.25) is 11.8 Å². The molecule has 0 aliphatic carbocycles. The van der Waals surface area contributed by atoms with Crippen LogP contribution in [0.2, 0.25) is 0 Å². The van der Waals surface area contributed by atoms with Gasteiger partial charge in [-0.2, -0.15) is 0 Å². The van der Waals surface area contributed by atoms with Crippen LogP contribution >= 0.6 is 0 Å². The first-order valence-corrected chi connectivity index (χ1v) is 11.4. The third kappa shape index (κ3) is 4.34. The molecule has 8 nitrogen and oxygen atoms in total. The van der Waals surface area contributed by atoms with Crippen molar-refractivity contribution in [2.24, 2.45) is 5.92 Å². The summed E-state index contributed by atoms with van der Waals surface area (Å²) in [5.41, 5.74) is -0.336. The lowest BCUT2D eigenvalue weighted by atomic mass is 9.86. The van der Waals surface area contributed by atoms with Crippen LogP contribution in [0.15, 0.2) is 47.1 Å². The van der Waals surface area contributed by atoms with Crippen LogP contribution in [0.3, 0.4) is 0 Å². The molecule has 0 radical (unpaired) electrons. The lowest BCUT2D eigenvalue weighted by Gasteiger charge is -2.38. The molecular weight excluding hydrogens is 424 g/mol. The van der Waals surface area contributed by atoms with Gasteiger partial charge in [-0.15, -0.1) is 0 Å². The third-order valence-electron chi connectivity index (χ3n) is 6.61. The molecule has 2 amide bonds. The van der Waals surface area contributed by atoms with Crippen molar-refractivity contribution >= 4 is 17.8 Å². The molecule has 1 N–H and O–H groups in total. The fourth-order valence-corrected chi connectivity index (χ4v) is 5.11. The molecule has 2 aliphatic heterocycles. The molecule has 2 saturated heterocycles. The van der Waals surface area contributed by atoms with Crippen LogP contribution < -0.4 is 10.1 Å². The van der Waals surface area contributed by atoms with Gasteiger partial charge in [-0.05, 0) is 62.4 Å². The number of hydrogen-bond acceptors (Lipinski definition) is 6. The number of ether oxygens (including phenoxy) is 2. The van der Waals surface area contributed by atoms with Gasteiger partial charge in [0.25, 0.3) is 0 Å². The zero-order chi connectivity index (χ0) is 23.4. The van der Waals surface area contributed by atoms with E-state index in [1.165, 1.54) is 6.26 Å². The summed E-state index contributed by atoms with van der Waals surface area (Å²) < 4.78 is 16.3. The SMILES string of the molecule is CCOC(=O)[C@H]1C[C@]2(CCCCNC2=O)N(C(=O)Cc2ccc(OC)cc2)[C@H]1c1ccco1. The average Bonchev–Trinajstić information content (AvgIpc) is 3.41. The summed E-state index contributed by atoms with van der Waals surface area (Å²) in [5.74, 6) is -0.389. The van der Waals surface area contributed by atoms with Crippen LogP contribution in [0.1, 0.15) is 50.0 Å². The molecule has 3 heterocycles. The first kappa shape index (κ1) is 22.9. The summed E-state index contributed by atoms with van der Waals surface area (Å²) in [6.07, 6.45) is 3.89. The molecule has 8 heteroatoms. The molecule has 176 valence electrons. The number of furan rings is 1. The van der Waals surface area contributed by atoms with Crippen LogP contribution in [-0.4, -0.2) is 48.5 Å². The van der Waals surface area contributed by atoms with Crippen molar-refractivity contribution in [2.45, 2.75) is 50.6 Å². The Balaban J connectivity index is 1.76. The maximum Gasteiger partial charge on any atom is 0.311 e. The van der Waals surface area contributed by atoms with Crippen molar-refractivity contribution in [1.82, 2.24) is 10.2 Å². The average molecular weight is 455 g/mol. The highest BCUT2D eigenvalue weighted by Gasteiger charge is 2.61. The van der Waals surface area contributed by atoms with Gasteiger partial charge < -0.3 is 24.1 Å². The lowest BCUT2D eigenvalue weighted by Crippen LogP contribution is -2.57. The zero-order valence-corrected chi connectivity index (χ0v) is 19.0. The lowest BCUT2D eigenvalue weighted by molar-refractivity contribution is -0.151. The molecule has 2 aliphatic rings. The largest absolute Gasteiger partial charge is 0.497 e. The van der Waals surface area contributed by atoms with Gasteiger partial charge in [-0.25, -0.2) is 0 Å². The number of amides is 2. The highest BCUT2D eigenvalue weighted by atomic mass is 16.5. The van der Waals surface area contributed by atoms with Gasteiger partial charge in [0, 0.05) is 6.54 Å². The van der Waals surface area contributed by atoms with Gasteiger partial charge in [0.15, 0.2) is 0 Å². The smallest absolute Gasteiger partial charge is 0.311 e. The first-order valence-electron chi connectivity index (χ1n) is 11.4. The fourth-order valence-electron chi connectivity index (χ4n) is 5.11. The maximum absolute atomic E-state index is 13.9. The number of hydrogen-bond donors (Lipinski definition) is 1. The molecule has 0 unspecified atom stereocenters.